The molecule has 0 aromatic heterocycles. The molecule has 0 bridgehead atoms. The highest BCUT2D eigenvalue weighted by molar-refractivity contribution is 5.53. The molecule has 16 heteroatoms. The topological polar surface area (TPSA) is 70.5 Å². The van der Waals surface area contributed by atoms with Gasteiger partial charge in [-0.05, 0) is 71.8 Å². The van der Waals surface area contributed by atoms with Crippen molar-refractivity contribution >= 4 is 11.4 Å². The maximum atomic E-state index is 14.6. The zero-order valence-electron chi connectivity index (χ0n) is 23.4. The van der Waals surface area contributed by atoms with E-state index in [1.165, 1.54) is 0 Å². The van der Waals surface area contributed by atoms with Gasteiger partial charge in [0.25, 0.3) is 12.9 Å². The Morgan fingerprint density at radius 3 is 1.06 bits per heavy atom. The minimum atomic E-state index is -6.01. The third kappa shape index (κ3) is 7.00. The molecule has 0 aliphatic carbocycles. The molecule has 0 amide bonds. The highest BCUT2D eigenvalue weighted by Gasteiger charge is 2.72. The molecule has 4 N–H and O–H groups in total. The second-order valence-electron chi connectivity index (χ2n) is 10.1. The number of nitrogens with two attached hydrogens (primary N) is 2. The third-order valence-corrected chi connectivity index (χ3v) is 6.99. The fourth-order valence-electron chi connectivity index (χ4n) is 4.80. The summed E-state index contributed by atoms with van der Waals surface area (Å²) in [5.74, 6) is -1.86. The molecule has 0 fully saturated rings. The van der Waals surface area contributed by atoms with Gasteiger partial charge >= 0.3 is 12.4 Å². The van der Waals surface area contributed by atoms with E-state index in [0.717, 1.165) is 36.4 Å². The second-order valence-corrected chi connectivity index (χ2v) is 10.1. The van der Waals surface area contributed by atoms with E-state index in [1.54, 1.807) is 0 Å². The van der Waals surface area contributed by atoms with Crippen LogP contribution >= 0.6 is 0 Å². The summed E-state index contributed by atoms with van der Waals surface area (Å²) >= 11 is 0. The van der Waals surface area contributed by atoms with Crippen LogP contribution in [0.4, 0.5) is 64.1 Å². The molecular weight excluding hydrogens is 660 g/mol. The number of halogens is 12. The van der Waals surface area contributed by atoms with Crippen LogP contribution in [0, 0.1) is 0 Å². The van der Waals surface area contributed by atoms with Crippen molar-refractivity contribution in [1.29, 1.82) is 0 Å². The molecular formula is C31H22F12N2O2. The fourth-order valence-corrected chi connectivity index (χ4v) is 4.80. The predicted octanol–water partition coefficient (Wildman–Crippen LogP) is 10.4. The summed E-state index contributed by atoms with van der Waals surface area (Å²) < 4.78 is 179. The summed E-state index contributed by atoms with van der Waals surface area (Å²) in [6.45, 7) is 0. The zero-order chi connectivity index (χ0) is 34.9. The molecule has 0 spiro atoms. The average molecular weight is 683 g/mol. The van der Waals surface area contributed by atoms with Crippen molar-refractivity contribution in [3.05, 3.63) is 107 Å². The van der Waals surface area contributed by atoms with Crippen LogP contribution in [-0.2, 0) is 5.41 Å². The molecule has 2 unspecified atom stereocenters. The highest BCUT2D eigenvalue weighted by Crippen LogP contribution is 2.56. The van der Waals surface area contributed by atoms with Crippen molar-refractivity contribution in [3.63, 3.8) is 0 Å². The Balaban J connectivity index is 1.73. The fraction of sp³-hybridized carbons (Fsp3) is 0.226. The van der Waals surface area contributed by atoms with Gasteiger partial charge < -0.3 is 20.9 Å². The molecule has 0 radical (unpaired) electrons. The maximum Gasteiger partial charge on any atom is 0.411 e. The highest BCUT2D eigenvalue weighted by atomic mass is 19.4. The first-order valence-electron chi connectivity index (χ1n) is 13.2. The molecule has 47 heavy (non-hydrogen) atoms. The van der Waals surface area contributed by atoms with Crippen LogP contribution in [0.5, 0.6) is 23.0 Å². The van der Waals surface area contributed by atoms with E-state index >= 15 is 0 Å². The quantitative estimate of drug-likeness (QED) is 0.129. The summed E-state index contributed by atoms with van der Waals surface area (Å²) in [7, 11) is 0. The van der Waals surface area contributed by atoms with Gasteiger partial charge in [-0.15, -0.1) is 0 Å². The lowest BCUT2D eigenvalue weighted by Crippen LogP contribution is -2.54. The number of ether oxygens (including phenoxy) is 2. The number of hydrogen-bond donors (Lipinski definition) is 2. The Morgan fingerprint density at radius 2 is 0.787 bits per heavy atom. The van der Waals surface area contributed by atoms with Crippen LogP contribution in [-0.4, -0.2) is 25.2 Å². The van der Waals surface area contributed by atoms with E-state index in [-0.39, 0.29) is 11.4 Å². The number of hydrogen-bond acceptors (Lipinski definition) is 4. The molecule has 0 saturated carbocycles. The number of benzene rings is 4. The lowest BCUT2D eigenvalue weighted by Gasteiger charge is -2.38. The zero-order valence-corrected chi connectivity index (χ0v) is 23.4. The molecule has 0 aliphatic rings. The first-order valence-corrected chi connectivity index (χ1v) is 13.2. The Hall–Kier alpha value is -4.76. The summed E-state index contributed by atoms with van der Waals surface area (Å²) in [6, 6.07) is 10.6. The minimum absolute atomic E-state index is 0.115. The first kappa shape index (κ1) is 35.1. The first-order chi connectivity index (χ1) is 21.9. The van der Waals surface area contributed by atoms with Crippen molar-refractivity contribution in [2.24, 2.45) is 0 Å². The minimum Gasteiger partial charge on any atom is -0.457 e. The molecule has 0 saturated heterocycles. The average Bonchev–Trinajstić information content (AvgIpc) is 2.98. The summed E-state index contributed by atoms with van der Waals surface area (Å²) in [5.41, 5.74) is 2.09. The van der Waals surface area contributed by atoms with Gasteiger partial charge in [0.2, 0.25) is 5.41 Å². The molecule has 252 valence electrons. The van der Waals surface area contributed by atoms with Gasteiger partial charge in [-0.3, -0.25) is 0 Å². The van der Waals surface area contributed by atoms with Crippen molar-refractivity contribution in [3.8, 4) is 23.0 Å². The van der Waals surface area contributed by atoms with Gasteiger partial charge in [-0.1, -0.05) is 24.3 Å². The van der Waals surface area contributed by atoms with Crippen molar-refractivity contribution in [1.82, 2.24) is 0 Å². The van der Waals surface area contributed by atoms with Crippen molar-refractivity contribution in [2.45, 2.75) is 43.0 Å². The van der Waals surface area contributed by atoms with Crippen LogP contribution in [0.15, 0.2) is 84.9 Å². The molecule has 0 heterocycles. The normalized spacial score (nSPS) is 13.9. The van der Waals surface area contributed by atoms with Crippen molar-refractivity contribution < 1.29 is 62.2 Å². The Morgan fingerprint density at radius 1 is 0.468 bits per heavy atom. The molecule has 4 aromatic carbocycles. The van der Waals surface area contributed by atoms with Crippen LogP contribution < -0.4 is 20.9 Å². The standard InChI is InChI=1S/C31H22F12N2O2/c32-25(27(34)35)21-13-17(44)5-11-23(21)46-19-7-1-15(2-8-19)29(30(38,39)40,31(41,42)43)16-3-9-20(10-4-16)47-24-12-6-18(45)14-22(24)26(33)28(36)37/h1-14,25-28H,44-45H2. The van der Waals surface area contributed by atoms with Crippen LogP contribution in [0.25, 0.3) is 0 Å². The molecule has 4 rings (SSSR count). The lowest BCUT2D eigenvalue weighted by atomic mass is 9.73. The van der Waals surface area contributed by atoms with Crippen LogP contribution in [0.2, 0.25) is 0 Å². The Bertz CT molecular complexity index is 1550. The number of anilines is 2. The van der Waals surface area contributed by atoms with Crippen molar-refractivity contribution in [2.75, 3.05) is 11.5 Å². The molecule has 2 atom stereocenters. The van der Waals surface area contributed by atoms with Gasteiger partial charge in [-0.25, -0.2) is 26.3 Å². The van der Waals surface area contributed by atoms with E-state index < -0.39 is 88.2 Å². The van der Waals surface area contributed by atoms with Gasteiger partial charge in [-0.2, -0.15) is 26.3 Å². The maximum absolute atomic E-state index is 14.6. The largest absolute Gasteiger partial charge is 0.457 e. The van der Waals surface area contributed by atoms with E-state index in [9.17, 15) is 52.7 Å². The SMILES string of the molecule is Nc1ccc(Oc2ccc(C(c3ccc(Oc4ccc(N)cc4C(F)C(F)F)cc3)(C(F)(F)F)C(F)(F)F)cc2)c(C(F)C(F)F)c1. The predicted molar refractivity (Wildman–Crippen MR) is 147 cm³/mol. The van der Waals surface area contributed by atoms with Gasteiger partial charge in [0.05, 0.1) is 0 Å². The molecule has 0 aliphatic heterocycles. The summed E-state index contributed by atoms with van der Waals surface area (Å²) in [4.78, 5) is 0. The van der Waals surface area contributed by atoms with E-state index in [1.807, 2.05) is 0 Å². The molecule has 4 nitrogen and oxygen atoms in total. The molecule has 4 aromatic rings. The summed E-state index contributed by atoms with van der Waals surface area (Å²) in [5, 5.41) is 0. The smallest absolute Gasteiger partial charge is 0.411 e. The second kappa shape index (κ2) is 13.2. The monoisotopic (exact) mass is 682 g/mol. The number of alkyl halides is 12. The van der Waals surface area contributed by atoms with E-state index in [4.69, 9.17) is 20.9 Å². The Kier molecular flexibility index (Phi) is 9.83. The number of nitrogen functional groups attached to an aromatic ring is 2. The Labute approximate surface area is 258 Å². The lowest BCUT2D eigenvalue weighted by molar-refractivity contribution is -0.288. The third-order valence-electron chi connectivity index (χ3n) is 6.99. The van der Waals surface area contributed by atoms with Crippen LogP contribution in [0.1, 0.15) is 34.6 Å². The van der Waals surface area contributed by atoms with Gasteiger partial charge in [0.1, 0.15) is 23.0 Å². The van der Waals surface area contributed by atoms with Gasteiger partial charge in [0.15, 0.2) is 12.3 Å². The van der Waals surface area contributed by atoms with Crippen LogP contribution in [0.3, 0.4) is 0 Å². The number of rotatable bonds is 10. The van der Waals surface area contributed by atoms with Gasteiger partial charge in [0, 0.05) is 22.5 Å². The summed E-state index contributed by atoms with van der Waals surface area (Å²) in [6.07, 6.45) is -24.7. The van der Waals surface area contributed by atoms with E-state index in [2.05, 4.69) is 0 Å². The van der Waals surface area contributed by atoms with E-state index in [0.29, 0.717) is 48.5 Å².